The lowest BCUT2D eigenvalue weighted by Gasteiger charge is -2.11. The summed E-state index contributed by atoms with van der Waals surface area (Å²) in [6.07, 6.45) is 0. The Balaban J connectivity index is 1.90. The molecule has 0 amide bonds. The smallest absolute Gasteiger partial charge is 0.339 e. The third-order valence-electron chi connectivity index (χ3n) is 4.50. The number of non-ortho nitro benzene ring substituents is 1. The number of nitrogens with zero attached hydrogens (tertiary/aromatic N) is 7. The number of hydrogen-bond acceptors (Lipinski definition) is 12. The first-order valence-electron chi connectivity index (χ1n) is 8.97. The van der Waals surface area contributed by atoms with Crippen LogP contribution < -0.4 is 17.0 Å². The van der Waals surface area contributed by atoms with E-state index in [4.69, 9.17) is 10.5 Å². The van der Waals surface area contributed by atoms with Crippen LogP contribution in [0.4, 0.5) is 11.5 Å². The van der Waals surface area contributed by atoms with Crippen molar-refractivity contribution in [2.24, 2.45) is 21.1 Å². The van der Waals surface area contributed by atoms with E-state index in [1.807, 2.05) is 0 Å². The zero-order chi connectivity index (χ0) is 24.4. The molecule has 3 aromatic rings. The van der Waals surface area contributed by atoms with Gasteiger partial charge in [-0.3, -0.25) is 28.8 Å². The van der Waals surface area contributed by atoms with Crippen molar-refractivity contribution >= 4 is 35.0 Å². The van der Waals surface area contributed by atoms with Crippen LogP contribution in [0.3, 0.4) is 0 Å². The first kappa shape index (κ1) is 23.3. The second kappa shape index (κ2) is 9.03. The molecule has 0 fully saturated rings. The van der Waals surface area contributed by atoms with Crippen LogP contribution in [-0.2, 0) is 25.9 Å². The van der Waals surface area contributed by atoms with Gasteiger partial charge in [-0.15, -0.1) is 5.10 Å². The number of nitro benzene ring substituents is 1. The first-order valence-corrected chi connectivity index (χ1v) is 9.79. The zero-order valence-electron chi connectivity index (χ0n) is 17.4. The summed E-state index contributed by atoms with van der Waals surface area (Å²) in [7, 11) is 4.00. The molecule has 0 radical (unpaired) electrons. The topological polar surface area (TPSA) is 200 Å². The number of nitro groups is 1. The molecule has 0 bridgehead atoms. The SMILES string of the molecule is Cn1nnnc1Sc1ccc([N+](=O)[O-])cc1C(=O)OCC(=O)c1c(N)n(C)c(=O)n(C)c1=O. The van der Waals surface area contributed by atoms with Gasteiger partial charge in [-0.25, -0.2) is 14.3 Å². The van der Waals surface area contributed by atoms with Gasteiger partial charge in [-0.05, 0) is 28.3 Å². The summed E-state index contributed by atoms with van der Waals surface area (Å²) in [6.45, 7) is -0.894. The van der Waals surface area contributed by atoms with Gasteiger partial charge in [0.1, 0.15) is 11.4 Å². The van der Waals surface area contributed by atoms with E-state index in [0.717, 1.165) is 22.4 Å². The van der Waals surface area contributed by atoms with Crippen LogP contribution in [0, 0.1) is 10.1 Å². The van der Waals surface area contributed by atoms with Gasteiger partial charge in [0.05, 0.1) is 10.5 Å². The van der Waals surface area contributed by atoms with E-state index in [1.54, 1.807) is 7.05 Å². The van der Waals surface area contributed by atoms with Crippen LogP contribution in [0.15, 0.2) is 37.8 Å². The minimum Gasteiger partial charge on any atom is -0.454 e. The number of anilines is 1. The summed E-state index contributed by atoms with van der Waals surface area (Å²) in [4.78, 5) is 60.2. The molecular weight excluding hydrogens is 460 g/mol. The van der Waals surface area contributed by atoms with Gasteiger partial charge in [-0.2, -0.15) is 0 Å². The number of rotatable bonds is 7. The third-order valence-corrected chi connectivity index (χ3v) is 5.60. The van der Waals surface area contributed by atoms with Crippen molar-refractivity contribution < 1.29 is 19.2 Å². The average Bonchev–Trinajstić information content (AvgIpc) is 3.19. The Bertz CT molecular complexity index is 1410. The molecule has 2 aromatic heterocycles. The van der Waals surface area contributed by atoms with Gasteiger partial charge >= 0.3 is 11.7 Å². The van der Waals surface area contributed by atoms with E-state index in [9.17, 15) is 29.3 Å². The Labute approximate surface area is 187 Å². The Kier molecular flexibility index (Phi) is 6.38. The molecule has 0 saturated heterocycles. The number of benzene rings is 1. The highest BCUT2D eigenvalue weighted by Gasteiger charge is 2.24. The maximum atomic E-state index is 12.7. The number of nitrogens with two attached hydrogens (primary N) is 1. The van der Waals surface area contributed by atoms with Crippen LogP contribution >= 0.6 is 11.8 Å². The molecule has 0 aliphatic heterocycles. The van der Waals surface area contributed by atoms with E-state index in [0.29, 0.717) is 4.57 Å². The number of carbonyl (C=O) groups excluding carboxylic acids is 2. The highest BCUT2D eigenvalue weighted by atomic mass is 32.2. The predicted octanol–water partition coefficient (Wildman–Crippen LogP) is -0.711. The fourth-order valence-corrected chi connectivity index (χ4v) is 3.52. The molecule has 0 saturated carbocycles. The Hall–Kier alpha value is -4.34. The molecule has 2 N–H and O–H groups in total. The van der Waals surface area contributed by atoms with Gasteiger partial charge in [-0.1, -0.05) is 0 Å². The molecule has 1 aromatic carbocycles. The number of esters is 1. The lowest BCUT2D eigenvalue weighted by molar-refractivity contribution is -0.384. The minimum absolute atomic E-state index is 0.216. The van der Waals surface area contributed by atoms with Crippen molar-refractivity contribution in [1.29, 1.82) is 0 Å². The van der Waals surface area contributed by atoms with Crippen molar-refractivity contribution in [3.8, 4) is 0 Å². The van der Waals surface area contributed by atoms with Gasteiger partial charge in [0.15, 0.2) is 6.61 Å². The molecule has 2 heterocycles. The molecule has 3 rings (SSSR count). The minimum atomic E-state index is -1.06. The van der Waals surface area contributed by atoms with E-state index < -0.39 is 40.1 Å². The van der Waals surface area contributed by atoms with E-state index in [2.05, 4.69) is 15.5 Å². The molecule has 0 aliphatic carbocycles. The Morgan fingerprint density at radius 2 is 1.91 bits per heavy atom. The largest absolute Gasteiger partial charge is 0.454 e. The lowest BCUT2D eigenvalue weighted by Crippen LogP contribution is -2.42. The standard InChI is InChI=1S/C17H16N8O7S/c1-22-13(18)12(14(27)23(2)17(22)29)10(26)7-32-15(28)9-6-8(25(30)31)4-5-11(9)33-16-19-20-21-24(16)3/h4-6H,7,18H2,1-3H3. The summed E-state index contributed by atoms with van der Waals surface area (Å²) in [5.74, 6) is -2.40. The van der Waals surface area contributed by atoms with Crippen molar-refractivity contribution in [1.82, 2.24) is 29.3 Å². The number of ether oxygens (including phenoxy) is 1. The number of aromatic nitrogens is 6. The molecule has 0 unspecified atom stereocenters. The first-order chi connectivity index (χ1) is 15.5. The molecule has 15 nitrogen and oxygen atoms in total. The molecule has 16 heteroatoms. The molecule has 0 spiro atoms. The molecule has 172 valence electrons. The van der Waals surface area contributed by atoms with E-state index >= 15 is 0 Å². The number of nitrogen functional groups attached to an aromatic ring is 1. The van der Waals surface area contributed by atoms with Crippen molar-refractivity contribution in [2.75, 3.05) is 12.3 Å². The fourth-order valence-electron chi connectivity index (χ4n) is 2.69. The number of Topliss-reactive ketones (excluding diaryl/α,β-unsaturated/α-hetero) is 1. The second-order valence-electron chi connectivity index (χ2n) is 6.59. The Morgan fingerprint density at radius 3 is 2.52 bits per heavy atom. The van der Waals surface area contributed by atoms with Gasteiger partial charge in [0, 0.05) is 38.2 Å². The second-order valence-corrected chi connectivity index (χ2v) is 7.60. The third kappa shape index (κ3) is 4.49. The fraction of sp³-hybridized carbons (Fsp3) is 0.235. The van der Waals surface area contributed by atoms with Crippen molar-refractivity contribution in [3.63, 3.8) is 0 Å². The summed E-state index contributed by atoms with van der Waals surface area (Å²) in [6, 6.07) is 3.48. The average molecular weight is 476 g/mol. The highest BCUT2D eigenvalue weighted by Crippen LogP contribution is 2.31. The number of ketones is 1. The normalized spacial score (nSPS) is 10.8. The highest BCUT2D eigenvalue weighted by molar-refractivity contribution is 7.99. The summed E-state index contributed by atoms with van der Waals surface area (Å²) < 4.78 is 7.93. The van der Waals surface area contributed by atoms with Crippen LogP contribution in [-0.4, -0.2) is 52.6 Å². The number of tetrazole rings is 1. The summed E-state index contributed by atoms with van der Waals surface area (Å²) in [5.41, 5.74) is 2.92. The predicted molar refractivity (Wildman–Crippen MR) is 112 cm³/mol. The van der Waals surface area contributed by atoms with Crippen molar-refractivity contribution in [2.45, 2.75) is 10.1 Å². The van der Waals surface area contributed by atoms with E-state index in [-0.39, 0.29) is 27.1 Å². The summed E-state index contributed by atoms with van der Waals surface area (Å²) in [5, 5.41) is 22.3. The molecule has 0 atom stereocenters. The number of hydrogen-bond donors (Lipinski definition) is 1. The maximum Gasteiger partial charge on any atom is 0.339 e. The van der Waals surface area contributed by atoms with Crippen LogP contribution in [0.1, 0.15) is 20.7 Å². The molecule has 0 aliphatic rings. The molecular formula is C17H16N8O7S. The summed E-state index contributed by atoms with van der Waals surface area (Å²) >= 11 is 0.944. The quantitative estimate of drug-likeness (QED) is 0.195. The number of carbonyl (C=O) groups is 2. The Morgan fingerprint density at radius 1 is 1.21 bits per heavy atom. The maximum absolute atomic E-state index is 12.7. The monoisotopic (exact) mass is 476 g/mol. The van der Waals surface area contributed by atoms with E-state index in [1.165, 1.54) is 30.9 Å². The number of aryl methyl sites for hydroxylation is 1. The van der Waals surface area contributed by atoms with Crippen molar-refractivity contribution in [3.05, 3.63) is 60.3 Å². The molecule has 33 heavy (non-hydrogen) atoms. The van der Waals surface area contributed by atoms with Crippen LogP contribution in [0.2, 0.25) is 0 Å². The van der Waals surface area contributed by atoms with Gasteiger partial charge in [0.2, 0.25) is 10.9 Å². The van der Waals surface area contributed by atoms with Crippen LogP contribution in [0.25, 0.3) is 0 Å². The van der Waals surface area contributed by atoms with Gasteiger partial charge < -0.3 is 10.5 Å². The van der Waals surface area contributed by atoms with Gasteiger partial charge in [0.25, 0.3) is 11.2 Å². The lowest BCUT2D eigenvalue weighted by atomic mass is 10.2. The van der Waals surface area contributed by atoms with Crippen LogP contribution in [0.5, 0.6) is 0 Å². The zero-order valence-corrected chi connectivity index (χ0v) is 18.2.